The lowest BCUT2D eigenvalue weighted by Gasteiger charge is -2.21. The number of anilines is 1. The van der Waals surface area contributed by atoms with Crippen LogP contribution in [0.1, 0.15) is 36.9 Å². The minimum Gasteiger partial charge on any atom is -0.348 e. The standard InChI is InChI=1S/C22H29N3O2/c1-4-8-20(18-9-6-5-7-10-18)24-22(27)16-25(3)15-21(26)23-19-13-11-17(2)12-14-19/h5-7,9-14,20H,4,8,15-16H2,1-3H3,(H,23,26)(H,24,27)/t20-/m1/s1. The van der Waals surface area contributed by atoms with Crippen LogP contribution < -0.4 is 10.6 Å². The van der Waals surface area contributed by atoms with Crippen LogP contribution in [0.15, 0.2) is 54.6 Å². The topological polar surface area (TPSA) is 61.4 Å². The third kappa shape index (κ3) is 7.23. The molecule has 0 saturated carbocycles. The first-order valence-electron chi connectivity index (χ1n) is 9.37. The SMILES string of the molecule is CCC[C@@H](NC(=O)CN(C)CC(=O)Nc1ccc(C)cc1)c1ccccc1. The molecule has 1 atom stereocenters. The van der Waals surface area contributed by atoms with Gasteiger partial charge in [0, 0.05) is 5.69 Å². The molecule has 2 rings (SSSR count). The number of hydrogen-bond acceptors (Lipinski definition) is 3. The Labute approximate surface area is 161 Å². The highest BCUT2D eigenvalue weighted by atomic mass is 16.2. The van der Waals surface area contributed by atoms with Crippen molar-refractivity contribution in [3.8, 4) is 0 Å². The Balaban J connectivity index is 1.82. The summed E-state index contributed by atoms with van der Waals surface area (Å²) in [4.78, 5) is 26.3. The molecule has 2 aromatic carbocycles. The predicted molar refractivity (Wildman–Crippen MR) is 110 cm³/mol. The quantitative estimate of drug-likeness (QED) is 0.713. The molecule has 27 heavy (non-hydrogen) atoms. The Bertz CT molecular complexity index is 729. The van der Waals surface area contributed by atoms with Crippen molar-refractivity contribution >= 4 is 17.5 Å². The lowest BCUT2D eigenvalue weighted by Crippen LogP contribution is -2.40. The molecule has 144 valence electrons. The average Bonchev–Trinajstić information content (AvgIpc) is 2.63. The summed E-state index contributed by atoms with van der Waals surface area (Å²) < 4.78 is 0. The summed E-state index contributed by atoms with van der Waals surface area (Å²) in [5.74, 6) is -0.217. The number of nitrogens with one attached hydrogen (secondary N) is 2. The first-order chi connectivity index (χ1) is 13.0. The van der Waals surface area contributed by atoms with Crippen LogP contribution in [0.25, 0.3) is 0 Å². The molecule has 0 saturated heterocycles. The van der Waals surface area contributed by atoms with Gasteiger partial charge in [-0.05, 0) is 38.1 Å². The lowest BCUT2D eigenvalue weighted by molar-refractivity contribution is -0.123. The number of aryl methyl sites for hydroxylation is 1. The van der Waals surface area contributed by atoms with Crippen LogP contribution in [0, 0.1) is 6.92 Å². The fourth-order valence-corrected chi connectivity index (χ4v) is 2.92. The number of carbonyl (C=O) groups excluding carboxylic acids is 2. The summed E-state index contributed by atoms with van der Waals surface area (Å²) >= 11 is 0. The molecule has 2 N–H and O–H groups in total. The van der Waals surface area contributed by atoms with E-state index in [9.17, 15) is 9.59 Å². The van der Waals surface area contributed by atoms with Crippen molar-refractivity contribution in [1.29, 1.82) is 0 Å². The highest BCUT2D eigenvalue weighted by molar-refractivity contribution is 5.92. The number of carbonyl (C=O) groups is 2. The molecule has 0 bridgehead atoms. The molecule has 0 fully saturated rings. The molecule has 0 aliphatic rings. The second kappa shape index (κ2) is 10.5. The van der Waals surface area contributed by atoms with Gasteiger partial charge in [-0.25, -0.2) is 0 Å². The number of nitrogens with zero attached hydrogens (tertiary/aromatic N) is 1. The molecule has 0 spiro atoms. The maximum Gasteiger partial charge on any atom is 0.238 e. The minimum absolute atomic E-state index is 0.00140. The molecule has 2 amide bonds. The van der Waals surface area contributed by atoms with E-state index in [1.807, 2.05) is 61.5 Å². The molecule has 0 aliphatic heterocycles. The smallest absolute Gasteiger partial charge is 0.238 e. The van der Waals surface area contributed by atoms with Gasteiger partial charge in [0.2, 0.25) is 11.8 Å². The second-order valence-electron chi connectivity index (χ2n) is 6.91. The Morgan fingerprint density at radius 1 is 0.963 bits per heavy atom. The maximum atomic E-state index is 12.4. The summed E-state index contributed by atoms with van der Waals surface area (Å²) in [5, 5.41) is 5.93. The van der Waals surface area contributed by atoms with Crippen LogP contribution in [-0.4, -0.2) is 36.9 Å². The Morgan fingerprint density at radius 3 is 2.22 bits per heavy atom. The summed E-state index contributed by atoms with van der Waals surface area (Å²) in [6.45, 7) is 4.43. The van der Waals surface area contributed by atoms with Gasteiger partial charge in [-0.1, -0.05) is 61.4 Å². The fraction of sp³-hybridized carbons (Fsp3) is 0.364. The van der Waals surface area contributed by atoms with Crippen LogP contribution in [0.5, 0.6) is 0 Å². The number of amides is 2. The van der Waals surface area contributed by atoms with Crippen LogP contribution in [0.4, 0.5) is 5.69 Å². The third-order valence-corrected chi connectivity index (χ3v) is 4.28. The van der Waals surface area contributed by atoms with E-state index in [2.05, 4.69) is 17.6 Å². The molecular formula is C22H29N3O2. The van der Waals surface area contributed by atoms with Crippen molar-refractivity contribution in [2.45, 2.75) is 32.7 Å². The molecule has 2 aromatic rings. The summed E-state index contributed by atoms with van der Waals surface area (Å²) in [7, 11) is 1.77. The molecule has 5 nitrogen and oxygen atoms in total. The van der Waals surface area contributed by atoms with Crippen LogP contribution >= 0.6 is 0 Å². The van der Waals surface area contributed by atoms with Gasteiger partial charge in [0.25, 0.3) is 0 Å². The Hall–Kier alpha value is -2.66. The Kier molecular flexibility index (Phi) is 8.01. The van der Waals surface area contributed by atoms with Gasteiger partial charge >= 0.3 is 0 Å². The third-order valence-electron chi connectivity index (χ3n) is 4.28. The van der Waals surface area contributed by atoms with Gasteiger partial charge < -0.3 is 10.6 Å². The van der Waals surface area contributed by atoms with E-state index in [1.165, 1.54) is 0 Å². The molecule has 0 radical (unpaired) electrons. The van der Waals surface area contributed by atoms with Gasteiger partial charge in [-0.15, -0.1) is 0 Å². The predicted octanol–water partition coefficient (Wildman–Crippen LogP) is 3.52. The molecule has 0 heterocycles. The number of benzene rings is 2. The van der Waals surface area contributed by atoms with Gasteiger partial charge in [-0.3, -0.25) is 14.5 Å². The lowest BCUT2D eigenvalue weighted by atomic mass is 10.0. The van der Waals surface area contributed by atoms with Crippen molar-refractivity contribution in [1.82, 2.24) is 10.2 Å². The maximum absolute atomic E-state index is 12.4. The van der Waals surface area contributed by atoms with Gasteiger partial charge in [-0.2, -0.15) is 0 Å². The first-order valence-corrected chi connectivity index (χ1v) is 9.37. The normalized spacial score (nSPS) is 11.9. The van der Waals surface area contributed by atoms with E-state index >= 15 is 0 Å². The monoisotopic (exact) mass is 367 g/mol. The van der Waals surface area contributed by atoms with E-state index in [-0.39, 0.29) is 30.9 Å². The molecule has 0 aromatic heterocycles. The van der Waals surface area contributed by atoms with E-state index in [0.29, 0.717) is 0 Å². The Morgan fingerprint density at radius 2 is 1.59 bits per heavy atom. The van der Waals surface area contributed by atoms with Crippen molar-refractivity contribution < 1.29 is 9.59 Å². The molecule has 5 heteroatoms. The molecular weight excluding hydrogens is 338 g/mol. The van der Waals surface area contributed by atoms with E-state index < -0.39 is 0 Å². The van der Waals surface area contributed by atoms with Crippen LogP contribution in [0.2, 0.25) is 0 Å². The number of likely N-dealkylation sites (N-methyl/N-ethyl adjacent to an activating group) is 1. The largest absolute Gasteiger partial charge is 0.348 e. The van der Waals surface area contributed by atoms with Crippen molar-refractivity contribution in [3.05, 3.63) is 65.7 Å². The van der Waals surface area contributed by atoms with Crippen molar-refractivity contribution in [2.75, 3.05) is 25.5 Å². The van der Waals surface area contributed by atoms with E-state index in [4.69, 9.17) is 0 Å². The van der Waals surface area contributed by atoms with Crippen LogP contribution in [-0.2, 0) is 9.59 Å². The summed E-state index contributed by atoms with van der Waals surface area (Å²) in [6, 6.07) is 17.6. The fourth-order valence-electron chi connectivity index (χ4n) is 2.92. The average molecular weight is 367 g/mol. The van der Waals surface area contributed by atoms with Crippen LogP contribution in [0.3, 0.4) is 0 Å². The van der Waals surface area contributed by atoms with E-state index in [0.717, 1.165) is 29.7 Å². The minimum atomic E-state index is -0.137. The zero-order valence-corrected chi connectivity index (χ0v) is 16.4. The molecule has 0 aliphatic carbocycles. The second-order valence-corrected chi connectivity index (χ2v) is 6.91. The summed E-state index contributed by atoms with van der Waals surface area (Å²) in [6.07, 6.45) is 1.86. The zero-order chi connectivity index (χ0) is 19.6. The highest BCUT2D eigenvalue weighted by Gasteiger charge is 2.16. The first kappa shape index (κ1) is 20.6. The molecule has 0 unspecified atom stereocenters. The summed E-state index contributed by atoms with van der Waals surface area (Å²) in [5.41, 5.74) is 3.00. The van der Waals surface area contributed by atoms with Gasteiger partial charge in [0.05, 0.1) is 19.1 Å². The zero-order valence-electron chi connectivity index (χ0n) is 16.4. The van der Waals surface area contributed by atoms with Gasteiger partial charge in [0.1, 0.15) is 0 Å². The van der Waals surface area contributed by atoms with Gasteiger partial charge in [0.15, 0.2) is 0 Å². The van der Waals surface area contributed by atoms with E-state index in [1.54, 1.807) is 11.9 Å². The highest BCUT2D eigenvalue weighted by Crippen LogP contribution is 2.17. The number of hydrogen-bond donors (Lipinski definition) is 2. The van der Waals surface area contributed by atoms with Crippen molar-refractivity contribution in [3.63, 3.8) is 0 Å². The van der Waals surface area contributed by atoms with Crippen molar-refractivity contribution in [2.24, 2.45) is 0 Å². The number of rotatable bonds is 9.